The van der Waals surface area contributed by atoms with Crippen LogP contribution >= 0.6 is 11.8 Å². The van der Waals surface area contributed by atoms with E-state index in [2.05, 4.69) is 20.5 Å². The van der Waals surface area contributed by atoms with Gasteiger partial charge in [-0.15, -0.1) is 10.2 Å². The van der Waals surface area contributed by atoms with Crippen LogP contribution in [0.4, 0.5) is 5.69 Å². The molecule has 1 aromatic heterocycles. The lowest BCUT2D eigenvalue weighted by Crippen LogP contribution is -2.18. The van der Waals surface area contributed by atoms with Gasteiger partial charge in [0.15, 0.2) is 10.9 Å². The van der Waals surface area contributed by atoms with Gasteiger partial charge in [0.25, 0.3) is 5.56 Å². The van der Waals surface area contributed by atoms with Crippen molar-refractivity contribution in [2.24, 2.45) is 0 Å². The van der Waals surface area contributed by atoms with Gasteiger partial charge in [0.1, 0.15) is 0 Å². The summed E-state index contributed by atoms with van der Waals surface area (Å²) in [6, 6.07) is 13.2. The van der Waals surface area contributed by atoms with Gasteiger partial charge in [-0.3, -0.25) is 14.6 Å². The molecule has 0 aliphatic carbocycles. The van der Waals surface area contributed by atoms with E-state index in [-0.39, 0.29) is 22.9 Å². The van der Waals surface area contributed by atoms with E-state index in [4.69, 9.17) is 0 Å². The number of H-pyrrole nitrogens is 1. The Hall–Kier alpha value is -2.93. The maximum atomic E-state index is 12.3. The zero-order valence-electron chi connectivity index (χ0n) is 15.4. The molecule has 27 heavy (non-hydrogen) atoms. The van der Waals surface area contributed by atoms with Crippen molar-refractivity contribution < 1.29 is 4.79 Å². The molecule has 0 unspecified atom stereocenters. The van der Waals surface area contributed by atoms with Gasteiger partial charge in [-0.2, -0.15) is 0 Å². The third-order valence-corrected chi connectivity index (χ3v) is 4.87. The van der Waals surface area contributed by atoms with E-state index in [0.717, 1.165) is 34.1 Å². The SMILES string of the molecule is Cc1cc(C)c(NC(=O)CSc2nnc(-c3ccccc3)c(=O)[nH]2)c(C)c1. The molecule has 0 bridgehead atoms. The molecule has 0 saturated heterocycles. The Balaban J connectivity index is 1.66. The lowest BCUT2D eigenvalue weighted by Gasteiger charge is -2.12. The summed E-state index contributed by atoms with van der Waals surface area (Å²) in [5.41, 5.74) is 4.65. The maximum Gasteiger partial charge on any atom is 0.278 e. The average Bonchev–Trinajstić information content (AvgIpc) is 2.64. The molecule has 1 heterocycles. The smallest absolute Gasteiger partial charge is 0.278 e. The number of aryl methyl sites for hydroxylation is 3. The first-order chi connectivity index (χ1) is 12.9. The molecular formula is C20H20N4O2S. The largest absolute Gasteiger partial charge is 0.325 e. The Labute approximate surface area is 161 Å². The highest BCUT2D eigenvalue weighted by Crippen LogP contribution is 2.22. The van der Waals surface area contributed by atoms with Crippen molar-refractivity contribution in [1.29, 1.82) is 0 Å². The molecule has 0 fully saturated rings. The normalized spacial score (nSPS) is 10.6. The van der Waals surface area contributed by atoms with Gasteiger partial charge < -0.3 is 5.32 Å². The minimum atomic E-state index is -0.329. The fourth-order valence-corrected chi connectivity index (χ4v) is 3.46. The Morgan fingerprint density at radius 1 is 1.07 bits per heavy atom. The number of carbonyl (C=O) groups is 1. The molecule has 0 saturated carbocycles. The standard InChI is InChI=1S/C20H20N4O2S/c1-12-9-13(2)17(14(3)10-12)21-16(25)11-27-20-22-19(26)18(23-24-20)15-7-5-4-6-8-15/h4-10H,11H2,1-3H3,(H,21,25)(H,22,24,26). The summed E-state index contributed by atoms with van der Waals surface area (Å²) in [6.07, 6.45) is 0. The molecule has 0 radical (unpaired) electrons. The van der Waals surface area contributed by atoms with Crippen LogP contribution in [0.2, 0.25) is 0 Å². The van der Waals surface area contributed by atoms with Gasteiger partial charge in [-0.05, 0) is 31.9 Å². The molecule has 0 aliphatic rings. The zero-order valence-corrected chi connectivity index (χ0v) is 16.2. The second-order valence-corrected chi connectivity index (χ2v) is 7.25. The van der Waals surface area contributed by atoms with Gasteiger partial charge in [-0.25, -0.2) is 0 Å². The first-order valence-electron chi connectivity index (χ1n) is 8.47. The number of aromatic nitrogens is 3. The molecule has 7 heteroatoms. The van der Waals surface area contributed by atoms with Crippen molar-refractivity contribution >= 4 is 23.4 Å². The number of amides is 1. The summed E-state index contributed by atoms with van der Waals surface area (Å²) in [5.74, 6) is -0.0351. The van der Waals surface area contributed by atoms with Crippen LogP contribution in [0.3, 0.4) is 0 Å². The monoisotopic (exact) mass is 380 g/mol. The quantitative estimate of drug-likeness (QED) is 0.662. The van der Waals surface area contributed by atoms with Crippen molar-refractivity contribution in [3.63, 3.8) is 0 Å². The highest BCUT2D eigenvalue weighted by atomic mass is 32.2. The topological polar surface area (TPSA) is 87.7 Å². The third kappa shape index (κ3) is 4.62. The van der Waals surface area contributed by atoms with Crippen LogP contribution in [0, 0.1) is 20.8 Å². The van der Waals surface area contributed by atoms with E-state index in [1.807, 2.05) is 51.1 Å². The number of nitrogens with one attached hydrogen (secondary N) is 2. The first kappa shape index (κ1) is 18.8. The van der Waals surface area contributed by atoms with Crippen LogP contribution in [-0.4, -0.2) is 26.8 Å². The second-order valence-electron chi connectivity index (χ2n) is 6.28. The Kier molecular flexibility index (Phi) is 5.71. The summed E-state index contributed by atoms with van der Waals surface area (Å²) in [5, 5.41) is 11.3. The van der Waals surface area contributed by atoms with Crippen molar-refractivity contribution in [2.45, 2.75) is 25.9 Å². The van der Waals surface area contributed by atoms with Crippen LogP contribution in [-0.2, 0) is 4.79 Å². The van der Waals surface area contributed by atoms with Crippen LogP contribution in [0.25, 0.3) is 11.3 Å². The second kappa shape index (κ2) is 8.18. The van der Waals surface area contributed by atoms with Gasteiger partial charge >= 0.3 is 0 Å². The molecule has 2 N–H and O–H groups in total. The van der Waals surface area contributed by atoms with Gasteiger partial charge in [-0.1, -0.05) is 59.8 Å². The predicted octanol–water partition coefficient (Wildman–Crippen LogP) is 3.49. The van der Waals surface area contributed by atoms with Crippen molar-refractivity contribution in [3.8, 4) is 11.3 Å². The molecule has 138 valence electrons. The van der Waals surface area contributed by atoms with Crippen LogP contribution in [0.1, 0.15) is 16.7 Å². The predicted molar refractivity (Wildman–Crippen MR) is 108 cm³/mol. The minimum absolute atomic E-state index is 0.127. The lowest BCUT2D eigenvalue weighted by atomic mass is 10.1. The van der Waals surface area contributed by atoms with Crippen molar-refractivity contribution in [3.05, 3.63) is 69.5 Å². The van der Waals surface area contributed by atoms with Crippen molar-refractivity contribution in [2.75, 3.05) is 11.1 Å². The van der Waals surface area contributed by atoms with Crippen LogP contribution < -0.4 is 10.9 Å². The Morgan fingerprint density at radius 3 is 2.37 bits per heavy atom. The highest BCUT2D eigenvalue weighted by Gasteiger charge is 2.11. The number of thioether (sulfide) groups is 1. The number of aromatic amines is 1. The van der Waals surface area contributed by atoms with Gasteiger partial charge in [0, 0.05) is 11.3 Å². The van der Waals surface area contributed by atoms with E-state index in [1.54, 1.807) is 12.1 Å². The van der Waals surface area contributed by atoms with Gasteiger partial charge in [0.05, 0.1) is 5.75 Å². The van der Waals surface area contributed by atoms with Crippen LogP contribution in [0.15, 0.2) is 52.4 Å². The lowest BCUT2D eigenvalue weighted by molar-refractivity contribution is -0.113. The molecule has 6 nitrogen and oxygen atoms in total. The molecule has 0 spiro atoms. The Morgan fingerprint density at radius 2 is 1.74 bits per heavy atom. The summed E-state index contributed by atoms with van der Waals surface area (Å²) in [7, 11) is 0. The fourth-order valence-electron chi connectivity index (χ4n) is 2.86. The molecule has 3 aromatic rings. The van der Waals surface area contributed by atoms with E-state index in [0.29, 0.717) is 10.7 Å². The number of carbonyl (C=O) groups excluding carboxylic acids is 1. The average molecular weight is 380 g/mol. The third-order valence-electron chi connectivity index (χ3n) is 4.01. The summed E-state index contributed by atoms with van der Waals surface area (Å²) in [4.78, 5) is 27.2. The van der Waals surface area contributed by atoms with E-state index in [1.165, 1.54) is 0 Å². The number of anilines is 1. The highest BCUT2D eigenvalue weighted by molar-refractivity contribution is 7.99. The van der Waals surface area contributed by atoms with E-state index < -0.39 is 0 Å². The van der Waals surface area contributed by atoms with E-state index in [9.17, 15) is 9.59 Å². The molecule has 3 rings (SSSR count). The van der Waals surface area contributed by atoms with E-state index >= 15 is 0 Å². The summed E-state index contributed by atoms with van der Waals surface area (Å²) >= 11 is 1.14. The molecule has 1 amide bonds. The van der Waals surface area contributed by atoms with Crippen LogP contribution in [0.5, 0.6) is 0 Å². The number of hydrogen-bond acceptors (Lipinski definition) is 5. The molecule has 0 aliphatic heterocycles. The zero-order chi connectivity index (χ0) is 19.4. The minimum Gasteiger partial charge on any atom is -0.325 e. The number of nitrogens with zero attached hydrogens (tertiary/aromatic N) is 2. The summed E-state index contributed by atoms with van der Waals surface area (Å²) in [6.45, 7) is 5.96. The molecular weight excluding hydrogens is 360 g/mol. The number of rotatable bonds is 5. The Bertz CT molecular complexity index is 1010. The maximum absolute atomic E-state index is 12.3. The molecule has 2 aromatic carbocycles. The fraction of sp³-hybridized carbons (Fsp3) is 0.200. The number of benzene rings is 2. The number of hydrogen-bond donors (Lipinski definition) is 2. The van der Waals surface area contributed by atoms with Gasteiger partial charge in [0.2, 0.25) is 5.91 Å². The summed E-state index contributed by atoms with van der Waals surface area (Å²) < 4.78 is 0. The molecule has 0 atom stereocenters. The first-order valence-corrected chi connectivity index (χ1v) is 9.45. The van der Waals surface area contributed by atoms with Crippen molar-refractivity contribution in [1.82, 2.24) is 15.2 Å².